The van der Waals surface area contributed by atoms with Crippen LogP contribution < -0.4 is 5.32 Å². The molecule has 0 spiro atoms. The molecule has 0 atom stereocenters. The van der Waals surface area contributed by atoms with Crippen molar-refractivity contribution in [1.82, 2.24) is 4.98 Å². The van der Waals surface area contributed by atoms with E-state index < -0.39 is 5.97 Å². The second kappa shape index (κ2) is 10.4. The van der Waals surface area contributed by atoms with E-state index in [1.165, 1.54) is 44.1 Å². The Balaban J connectivity index is 0.000000208. The van der Waals surface area contributed by atoms with Crippen LogP contribution in [0.3, 0.4) is 0 Å². The molecular formula is C19H26N2O2. The number of nitrogens with one attached hydrogen (secondary N) is 1. The summed E-state index contributed by atoms with van der Waals surface area (Å²) in [4.78, 5) is 14.3. The van der Waals surface area contributed by atoms with Crippen molar-refractivity contribution in [3.8, 4) is 0 Å². The minimum absolute atomic E-state index is 0.238. The maximum Gasteiger partial charge on any atom is 0.337 e. The lowest BCUT2D eigenvalue weighted by atomic mass is 9.92. The van der Waals surface area contributed by atoms with Gasteiger partial charge in [0.25, 0.3) is 0 Å². The summed E-state index contributed by atoms with van der Waals surface area (Å²) in [6.45, 7) is 4.00. The molecule has 0 unspecified atom stereocenters. The Labute approximate surface area is 138 Å². The van der Waals surface area contributed by atoms with Gasteiger partial charge in [-0.05, 0) is 42.9 Å². The third kappa shape index (κ3) is 5.74. The summed E-state index contributed by atoms with van der Waals surface area (Å²) in [5, 5.41) is 11.4. The van der Waals surface area contributed by atoms with E-state index in [-0.39, 0.29) is 5.56 Å². The highest BCUT2D eigenvalue weighted by Gasteiger charge is 2.07. The zero-order chi connectivity index (χ0) is 17.1. The number of carboxylic acids is 1. The molecule has 2 N–H and O–H groups in total. The van der Waals surface area contributed by atoms with Gasteiger partial charge >= 0.3 is 5.97 Å². The number of anilines is 1. The number of rotatable bonds is 2. The van der Waals surface area contributed by atoms with Crippen LogP contribution in [0.4, 0.5) is 5.69 Å². The van der Waals surface area contributed by atoms with Gasteiger partial charge in [0, 0.05) is 13.2 Å². The molecule has 23 heavy (non-hydrogen) atoms. The zero-order valence-electron chi connectivity index (χ0n) is 14.2. The van der Waals surface area contributed by atoms with E-state index >= 15 is 0 Å². The van der Waals surface area contributed by atoms with Gasteiger partial charge < -0.3 is 10.4 Å². The molecule has 1 aliphatic carbocycles. The van der Waals surface area contributed by atoms with Crippen LogP contribution in [0, 0.1) is 0 Å². The number of carboxylic acid groups (broad SMARTS) is 1. The molecule has 0 amide bonds. The van der Waals surface area contributed by atoms with Crippen molar-refractivity contribution in [2.45, 2.75) is 39.5 Å². The molecule has 0 saturated carbocycles. The predicted octanol–water partition coefficient (Wildman–Crippen LogP) is 4.41. The van der Waals surface area contributed by atoms with E-state index in [9.17, 15) is 4.79 Å². The summed E-state index contributed by atoms with van der Waals surface area (Å²) in [6.07, 6.45) is 8.30. The number of hydrogen-bond acceptors (Lipinski definition) is 3. The van der Waals surface area contributed by atoms with Gasteiger partial charge in [0.15, 0.2) is 0 Å². The van der Waals surface area contributed by atoms with E-state index in [0.717, 1.165) is 0 Å². The number of carbonyl (C=O) groups is 1. The fraction of sp³-hybridized carbons (Fsp3) is 0.368. The third-order valence-electron chi connectivity index (χ3n) is 3.58. The number of aromatic nitrogens is 1. The number of aryl methyl sites for hydroxylation is 2. The normalized spacial score (nSPS) is 11.8. The van der Waals surface area contributed by atoms with Gasteiger partial charge in [-0.3, -0.25) is 4.98 Å². The topological polar surface area (TPSA) is 62.2 Å². The number of aromatic carboxylic acids is 1. The van der Waals surface area contributed by atoms with Gasteiger partial charge in [-0.1, -0.05) is 38.1 Å². The van der Waals surface area contributed by atoms with Crippen molar-refractivity contribution >= 4 is 11.7 Å². The molecule has 1 heterocycles. The molecule has 2 aromatic rings. The summed E-state index contributed by atoms with van der Waals surface area (Å²) in [6, 6.07) is 10.3. The second-order valence-electron chi connectivity index (χ2n) is 4.95. The fourth-order valence-corrected chi connectivity index (χ4v) is 2.46. The molecule has 0 fully saturated rings. The molecule has 1 aromatic heterocycles. The Kier molecular flexibility index (Phi) is 8.43. The third-order valence-corrected chi connectivity index (χ3v) is 3.58. The fourth-order valence-electron chi connectivity index (χ4n) is 2.46. The van der Waals surface area contributed by atoms with Gasteiger partial charge in [0.1, 0.15) is 0 Å². The van der Waals surface area contributed by atoms with Crippen LogP contribution in [-0.2, 0) is 12.8 Å². The molecule has 0 aliphatic heterocycles. The Morgan fingerprint density at radius 2 is 1.65 bits per heavy atom. The number of nitrogens with zero attached hydrogens (tertiary/aromatic N) is 1. The van der Waals surface area contributed by atoms with Crippen molar-refractivity contribution in [1.29, 1.82) is 0 Å². The number of fused-ring (bicyclic) bond motifs is 1. The highest BCUT2D eigenvalue weighted by Crippen LogP contribution is 2.19. The minimum Gasteiger partial charge on any atom is -0.478 e. The van der Waals surface area contributed by atoms with Crippen LogP contribution in [0.2, 0.25) is 0 Å². The molecule has 4 nitrogen and oxygen atoms in total. The van der Waals surface area contributed by atoms with Crippen LogP contribution >= 0.6 is 0 Å². The lowest BCUT2D eigenvalue weighted by Crippen LogP contribution is -2.02. The first-order chi connectivity index (χ1) is 11.2. The van der Waals surface area contributed by atoms with Crippen molar-refractivity contribution in [3.63, 3.8) is 0 Å². The molecule has 3 rings (SSSR count). The van der Waals surface area contributed by atoms with Gasteiger partial charge in [-0.15, -0.1) is 0 Å². The Morgan fingerprint density at radius 1 is 1.09 bits per heavy atom. The second-order valence-corrected chi connectivity index (χ2v) is 4.95. The summed E-state index contributed by atoms with van der Waals surface area (Å²) in [7, 11) is 1.66. The number of pyridine rings is 1. The minimum atomic E-state index is -0.947. The summed E-state index contributed by atoms with van der Waals surface area (Å²) in [5.74, 6) is -0.947. The average Bonchev–Trinajstić information content (AvgIpc) is 2.64. The van der Waals surface area contributed by atoms with Crippen LogP contribution in [-0.4, -0.2) is 23.1 Å². The Morgan fingerprint density at radius 3 is 2.09 bits per heavy atom. The quantitative estimate of drug-likeness (QED) is 0.861. The van der Waals surface area contributed by atoms with E-state index in [2.05, 4.69) is 34.6 Å². The smallest absolute Gasteiger partial charge is 0.337 e. The monoisotopic (exact) mass is 314 g/mol. The summed E-state index contributed by atoms with van der Waals surface area (Å²) >= 11 is 0. The average molecular weight is 314 g/mol. The summed E-state index contributed by atoms with van der Waals surface area (Å²) < 4.78 is 0. The van der Waals surface area contributed by atoms with Crippen molar-refractivity contribution in [2.75, 3.05) is 12.4 Å². The van der Waals surface area contributed by atoms with Gasteiger partial charge in [0.2, 0.25) is 0 Å². The molecular weight excluding hydrogens is 288 g/mol. The molecule has 0 radical (unpaired) electrons. The Hall–Kier alpha value is -2.36. The molecule has 1 aromatic carbocycles. The lowest BCUT2D eigenvalue weighted by Gasteiger charge is -2.13. The van der Waals surface area contributed by atoms with Crippen LogP contribution in [0.5, 0.6) is 0 Å². The molecule has 1 aliphatic rings. The van der Waals surface area contributed by atoms with Crippen LogP contribution in [0.25, 0.3) is 0 Å². The van der Waals surface area contributed by atoms with E-state index in [0.29, 0.717) is 5.69 Å². The predicted molar refractivity (Wildman–Crippen MR) is 95.2 cm³/mol. The number of hydrogen-bond donors (Lipinski definition) is 2. The lowest BCUT2D eigenvalue weighted by molar-refractivity contribution is 0.0698. The van der Waals surface area contributed by atoms with E-state index in [1.54, 1.807) is 18.2 Å². The maximum absolute atomic E-state index is 10.5. The molecule has 124 valence electrons. The maximum atomic E-state index is 10.5. The Bertz CT molecular complexity index is 587. The first-order valence-corrected chi connectivity index (χ1v) is 8.14. The highest BCUT2D eigenvalue weighted by atomic mass is 16.4. The van der Waals surface area contributed by atoms with Gasteiger partial charge in [-0.2, -0.15) is 0 Å². The van der Waals surface area contributed by atoms with Crippen molar-refractivity contribution < 1.29 is 9.90 Å². The molecule has 0 bridgehead atoms. The van der Waals surface area contributed by atoms with Crippen LogP contribution in [0.1, 0.15) is 48.2 Å². The van der Waals surface area contributed by atoms with Crippen molar-refractivity contribution in [3.05, 3.63) is 59.4 Å². The first-order valence-electron chi connectivity index (χ1n) is 8.14. The van der Waals surface area contributed by atoms with E-state index in [1.807, 2.05) is 13.8 Å². The van der Waals surface area contributed by atoms with Crippen LogP contribution in [0.15, 0.2) is 42.7 Å². The summed E-state index contributed by atoms with van der Waals surface area (Å²) in [5.41, 5.74) is 3.92. The molecule has 0 saturated heterocycles. The largest absolute Gasteiger partial charge is 0.478 e. The van der Waals surface area contributed by atoms with Gasteiger partial charge in [-0.25, -0.2) is 4.79 Å². The molecule has 4 heteroatoms. The highest BCUT2D eigenvalue weighted by molar-refractivity contribution is 5.93. The van der Waals surface area contributed by atoms with Gasteiger partial charge in [0.05, 0.1) is 17.4 Å². The van der Waals surface area contributed by atoms with Crippen molar-refractivity contribution in [2.24, 2.45) is 0 Å². The van der Waals surface area contributed by atoms with E-state index in [4.69, 9.17) is 5.11 Å². The number of benzene rings is 1. The zero-order valence-corrected chi connectivity index (χ0v) is 14.2. The first kappa shape index (κ1) is 18.7. The SMILES string of the molecule is CC.CNc1cnccc1C(=O)O.c1ccc2c(c1)CCCC2. The standard InChI is InChI=1S/C10H12.C7H8N2O2.C2H6/c1-2-6-10-8-4-3-7-9(10)5-1;1-8-6-4-9-3-2-5(6)7(10)11;1-2/h1-2,5-6H,3-4,7-8H2;2-4,8H,1H3,(H,10,11);1-2H3.